The SMILES string of the molecule is CCOC(=O)CC(B1OC(C)(C)C(C)(C)O1)c1occc1Br. The van der Waals surface area contributed by atoms with Crippen LogP contribution < -0.4 is 0 Å². The zero-order valence-corrected chi connectivity index (χ0v) is 15.2. The van der Waals surface area contributed by atoms with Crippen LogP contribution in [0.1, 0.15) is 52.6 Å². The highest BCUT2D eigenvalue weighted by Crippen LogP contribution is 2.43. The summed E-state index contributed by atoms with van der Waals surface area (Å²) in [7, 11) is -0.572. The molecule has 2 heterocycles. The van der Waals surface area contributed by atoms with Gasteiger partial charge in [0.15, 0.2) is 0 Å². The van der Waals surface area contributed by atoms with Gasteiger partial charge in [-0.15, -0.1) is 0 Å². The number of hydrogen-bond acceptors (Lipinski definition) is 5. The summed E-state index contributed by atoms with van der Waals surface area (Å²) in [5.74, 6) is -0.0402. The molecular formula is C15H22BBrO5. The number of halogens is 1. The Balaban J connectivity index is 2.26. The van der Waals surface area contributed by atoms with Gasteiger partial charge in [-0.05, 0) is 56.6 Å². The van der Waals surface area contributed by atoms with Crippen LogP contribution in [0.5, 0.6) is 0 Å². The maximum Gasteiger partial charge on any atom is 0.469 e. The lowest BCUT2D eigenvalue weighted by molar-refractivity contribution is -0.143. The summed E-state index contributed by atoms with van der Waals surface area (Å²) in [4.78, 5) is 11.9. The van der Waals surface area contributed by atoms with Gasteiger partial charge in [0.2, 0.25) is 0 Å². The van der Waals surface area contributed by atoms with Crippen LogP contribution in [0.15, 0.2) is 21.2 Å². The standard InChI is InChI=1S/C15H22BBrO5/c1-6-19-12(18)9-10(13-11(17)7-8-20-13)16-21-14(2,3)15(4,5)22-16/h7-8,10H,6,9H2,1-5H3. The molecule has 7 heteroatoms. The highest BCUT2D eigenvalue weighted by Gasteiger charge is 2.55. The van der Waals surface area contributed by atoms with Crippen molar-refractivity contribution < 1.29 is 23.3 Å². The molecule has 5 nitrogen and oxygen atoms in total. The van der Waals surface area contributed by atoms with Crippen molar-refractivity contribution >= 4 is 29.0 Å². The average molecular weight is 373 g/mol. The summed E-state index contributed by atoms with van der Waals surface area (Å²) >= 11 is 3.44. The Labute approximate surface area is 139 Å². The molecule has 1 aromatic heterocycles. The molecule has 0 saturated carbocycles. The van der Waals surface area contributed by atoms with Crippen LogP contribution in [0.2, 0.25) is 0 Å². The molecule has 0 amide bonds. The molecule has 0 aromatic carbocycles. The van der Waals surface area contributed by atoms with E-state index in [0.717, 1.165) is 4.47 Å². The number of esters is 1. The molecule has 0 aliphatic carbocycles. The normalized spacial score (nSPS) is 20.9. The summed E-state index contributed by atoms with van der Waals surface area (Å²) in [5.41, 5.74) is -0.937. The summed E-state index contributed by atoms with van der Waals surface area (Å²) < 4.78 is 23.5. The number of ether oxygens (including phenoxy) is 1. The second kappa shape index (κ2) is 6.38. The molecule has 0 spiro atoms. The third-order valence-corrected chi connectivity index (χ3v) is 4.93. The first-order valence-electron chi connectivity index (χ1n) is 7.42. The van der Waals surface area contributed by atoms with Crippen molar-refractivity contribution in [1.29, 1.82) is 0 Å². The first kappa shape index (κ1) is 17.6. The molecular weight excluding hydrogens is 351 g/mol. The number of rotatable bonds is 5. The molecule has 1 aromatic rings. The Morgan fingerprint density at radius 3 is 2.36 bits per heavy atom. The quantitative estimate of drug-likeness (QED) is 0.582. The van der Waals surface area contributed by atoms with Gasteiger partial charge in [-0.2, -0.15) is 0 Å². The van der Waals surface area contributed by atoms with Gasteiger partial charge in [0.05, 0.1) is 40.8 Å². The van der Waals surface area contributed by atoms with E-state index in [1.165, 1.54) is 0 Å². The van der Waals surface area contributed by atoms with Gasteiger partial charge in [-0.1, -0.05) is 0 Å². The van der Waals surface area contributed by atoms with Gasteiger partial charge in [-0.25, -0.2) is 0 Å². The summed E-state index contributed by atoms with van der Waals surface area (Å²) in [5, 5.41) is 0. The van der Waals surface area contributed by atoms with Crippen molar-refractivity contribution in [1.82, 2.24) is 0 Å². The van der Waals surface area contributed by atoms with Crippen molar-refractivity contribution in [2.75, 3.05) is 6.61 Å². The summed E-state index contributed by atoms with van der Waals surface area (Å²) in [6.45, 7) is 10.0. The zero-order valence-electron chi connectivity index (χ0n) is 13.6. The first-order chi connectivity index (χ1) is 10.2. The lowest BCUT2D eigenvalue weighted by Gasteiger charge is -2.32. The van der Waals surface area contributed by atoms with Crippen LogP contribution in [0, 0.1) is 0 Å². The fraction of sp³-hybridized carbons (Fsp3) is 0.667. The Hall–Kier alpha value is -0.785. The van der Waals surface area contributed by atoms with E-state index in [0.29, 0.717) is 12.4 Å². The number of carbonyl (C=O) groups is 1. The molecule has 2 rings (SSSR count). The monoisotopic (exact) mass is 372 g/mol. The molecule has 0 radical (unpaired) electrons. The van der Waals surface area contributed by atoms with E-state index in [2.05, 4.69) is 15.9 Å². The van der Waals surface area contributed by atoms with Gasteiger partial charge < -0.3 is 18.5 Å². The predicted octanol–water partition coefficient (Wildman–Crippen LogP) is 3.71. The first-order valence-corrected chi connectivity index (χ1v) is 8.21. The zero-order chi connectivity index (χ0) is 16.5. The summed E-state index contributed by atoms with van der Waals surface area (Å²) in [6, 6.07) is 1.79. The van der Waals surface area contributed by atoms with Gasteiger partial charge >= 0.3 is 13.1 Å². The number of furan rings is 1. The molecule has 1 atom stereocenters. The summed E-state index contributed by atoms with van der Waals surface area (Å²) in [6.07, 6.45) is 1.71. The largest absolute Gasteiger partial charge is 0.469 e. The maximum atomic E-state index is 11.9. The van der Waals surface area contributed by atoms with Crippen molar-refractivity contribution in [3.63, 3.8) is 0 Å². The lowest BCUT2D eigenvalue weighted by Crippen LogP contribution is -2.41. The van der Waals surface area contributed by atoms with Crippen LogP contribution in [0.3, 0.4) is 0 Å². The Morgan fingerprint density at radius 1 is 1.32 bits per heavy atom. The van der Waals surface area contributed by atoms with Crippen molar-refractivity contribution in [2.24, 2.45) is 0 Å². The fourth-order valence-electron chi connectivity index (χ4n) is 2.33. The van der Waals surface area contributed by atoms with Crippen LogP contribution in [-0.2, 0) is 18.8 Å². The van der Waals surface area contributed by atoms with E-state index in [9.17, 15) is 4.79 Å². The maximum absolute atomic E-state index is 11.9. The van der Waals surface area contributed by atoms with Crippen molar-refractivity contribution in [3.8, 4) is 0 Å². The molecule has 1 unspecified atom stereocenters. The molecule has 1 fully saturated rings. The molecule has 1 saturated heterocycles. The van der Waals surface area contributed by atoms with Crippen molar-refractivity contribution in [2.45, 2.75) is 58.1 Å². The van der Waals surface area contributed by atoms with Gasteiger partial charge in [-0.3, -0.25) is 4.79 Å². The minimum Gasteiger partial charge on any atom is -0.468 e. The second-order valence-electron chi connectivity index (χ2n) is 6.37. The molecule has 0 bridgehead atoms. The van der Waals surface area contributed by atoms with E-state index in [-0.39, 0.29) is 18.2 Å². The van der Waals surface area contributed by atoms with E-state index in [1.807, 2.05) is 27.7 Å². The fourth-order valence-corrected chi connectivity index (χ4v) is 2.83. The third kappa shape index (κ3) is 3.41. The van der Waals surface area contributed by atoms with Crippen LogP contribution in [0.25, 0.3) is 0 Å². The Morgan fingerprint density at radius 2 is 1.91 bits per heavy atom. The van der Waals surface area contributed by atoms with Gasteiger partial charge in [0.25, 0.3) is 0 Å². The lowest BCUT2D eigenvalue weighted by atomic mass is 9.68. The third-order valence-electron chi connectivity index (χ3n) is 4.27. The second-order valence-corrected chi connectivity index (χ2v) is 7.23. The van der Waals surface area contributed by atoms with Gasteiger partial charge in [0.1, 0.15) is 5.76 Å². The predicted molar refractivity (Wildman–Crippen MR) is 86.5 cm³/mol. The molecule has 1 aliphatic rings. The number of hydrogen-bond donors (Lipinski definition) is 0. The van der Waals surface area contributed by atoms with E-state index in [1.54, 1.807) is 19.3 Å². The van der Waals surface area contributed by atoms with E-state index >= 15 is 0 Å². The van der Waals surface area contributed by atoms with Gasteiger partial charge in [0, 0.05) is 0 Å². The highest BCUT2D eigenvalue weighted by atomic mass is 79.9. The Bertz CT molecular complexity index is 524. The van der Waals surface area contributed by atoms with Crippen LogP contribution >= 0.6 is 15.9 Å². The van der Waals surface area contributed by atoms with E-state index < -0.39 is 18.3 Å². The number of carbonyl (C=O) groups excluding carboxylic acids is 1. The smallest absolute Gasteiger partial charge is 0.468 e. The van der Waals surface area contributed by atoms with Crippen LogP contribution in [-0.4, -0.2) is 30.9 Å². The molecule has 122 valence electrons. The van der Waals surface area contributed by atoms with E-state index in [4.69, 9.17) is 18.5 Å². The Kier molecular flexibility index (Phi) is 5.09. The molecule has 22 heavy (non-hydrogen) atoms. The molecule has 0 N–H and O–H groups in total. The molecule has 1 aliphatic heterocycles. The average Bonchev–Trinajstić information content (AvgIpc) is 2.89. The highest BCUT2D eigenvalue weighted by molar-refractivity contribution is 9.10. The minimum atomic E-state index is -0.572. The topological polar surface area (TPSA) is 57.9 Å². The van der Waals surface area contributed by atoms with Crippen LogP contribution in [0.4, 0.5) is 0 Å². The minimum absolute atomic E-state index is 0.136. The van der Waals surface area contributed by atoms with Crippen molar-refractivity contribution in [3.05, 3.63) is 22.6 Å².